The molecule has 2 aliphatic rings. The fraction of sp³-hybridized carbons (Fsp3) is 0.250. The number of aromatic nitrogens is 3. The lowest BCUT2D eigenvalue weighted by atomic mass is 10.0. The number of sulfonamides is 1. The van der Waals surface area contributed by atoms with Gasteiger partial charge in [0.1, 0.15) is 10.7 Å². The van der Waals surface area contributed by atoms with Gasteiger partial charge in [0.05, 0.1) is 11.7 Å². The summed E-state index contributed by atoms with van der Waals surface area (Å²) in [7, 11) is -3.63. The van der Waals surface area contributed by atoms with Crippen molar-refractivity contribution in [2.24, 2.45) is 0 Å². The molecule has 2 aromatic heterocycles. The molecule has 0 saturated carbocycles. The van der Waals surface area contributed by atoms with E-state index in [2.05, 4.69) is 15.0 Å². The molecule has 2 bridgehead atoms. The number of fused-ring (bicyclic) bond motifs is 4. The number of hydrogen-bond donors (Lipinski definition) is 0. The predicted octanol–water partition coefficient (Wildman–Crippen LogP) is 3.13. The summed E-state index contributed by atoms with van der Waals surface area (Å²) in [5, 5.41) is 0. The minimum Gasteiger partial charge on any atom is -0.263 e. The van der Waals surface area contributed by atoms with Crippen molar-refractivity contribution in [1.29, 1.82) is 0 Å². The molecular weight excluding hydrogens is 379 g/mol. The first-order chi connectivity index (χ1) is 13.5. The van der Waals surface area contributed by atoms with Crippen molar-refractivity contribution in [2.45, 2.75) is 36.2 Å². The first kappa shape index (κ1) is 17.4. The van der Waals surface area contributed by atoms with Crippen molar-refractivity contribution in [3.8, 4) is 11.4 Å². The average molecular weight is 396 g/mol. The minimum atomic E-state index is -3.63. The maximum Gasteiger partial charge on any atom is 0.245 e. The van der Waals surface area contributed by atoms with Gasteiger partial charge in [-0.15, -0.1) is 0 Å². The third kappa shape index (κ3) is 2.71. The first-order valence-electron chi connectivity index (χ1n) is 9.09. The fourth-order valence-electron chi connectivity index (χ4n) is 4.16. The van der Waals surface area contributed by atoms with E-state index in [9.17, 15) is 12.8 Å². The summed E-state index contributed by atoms with van der Waals surface area (Å²) in [6, 6.07) is 8.87. The Morgan fingerprint density at radius 1 is 1.07 bits per heavy atom. The molecular formula is C20H17FN4O2S. The number of benzene rings is 1. The molecule has 2 aliphatic heterocycles. The lowest BCUT2D eigenvalue weighted by Crippen LogP contribution is -2.42. The molecule has 6 nitrogen and oxygen atoms in total. The Kier molecular flexibility index (Phi) is 3.99. The van der Waals surface area contributed by atoms with Crippen LogP contribution in [0.15, 0.2) is 59.9 Å². The number of pyridine rings is 1. The summed E-state index contributed by atoms with van der Waals surface area (Å²) in [5.74, 6) is 0.220. The molecule has 5 rings (SSSR count). The molecule has 0 spiro atoms. The molecule has 28 heavy (non-hydrogen) atoms. The van der Waals surface area contributed by atoms with E-state index in [-0.39, 0.29) is 22.8 Å². The lowest BCUT2D eigenvalue weighted by Gasteiger charge is -2.34. The van der Waals surface area contributed by atoms with Crippen LogP contribution in [0.5, 0.6) is 0 Å². The van der Waals surface area contributed by atoms with E-state index in [4.69, 9.17) is 0 Å². The summed E-state index contributed by atoms with van der Waals surface area (Å²) < 4.78 is 41.2. The Morgan fingerprint density at radius 2 is 1.89 bits per heavy atom. The molecule has 2 atom stereocenters. The van der Waals surface area contributed by atoms with Crippen LogP contribution in [0.1, 0.15) is 30.1 Å². The van der Waals surface area contributed by atoms with Gasteiger partial charge in [0.25, 0.3) is 0 Å². The van der Waals surface area contributed by atoms with E-state index in [1.165, 1.54) is 18.3 Å². The Balaban J connectivity index is 1.53. The van der Waals surface area contributed by atoms with Gasteiger partial charge in [-0.05, 0) is 49.2 Å². The third-order valence-corrected chi connectivity index (χ3v) is 7.39. The van der Waals surface area contributed by atoms with Crippen LogP contribution in [0.2, 0.25) is 0 Å². The van der Waals surface area contributed by atoms with Crippen LogP contribution in [0.25, 0.3) is 11.4 Å². The van der Waals surface area contributed by atoms with Crippen molar-refractivity contribution in [3.63, 3.8) is 0 Å². The molecule has 1 fully saturated rings. The summed E-state index contributed by atoms with van der Waals surface area (Å²) in [5.41, 5.74) is 2.47. The van der Waals surface area contributed by atoms with E-state index in [0.717, 1.165) is 29.7 Å². The van der Waals surface area contributed by atoms with Gasteiger partial charge in [-0.2, -0.15) is 4.31 Å². The standard InChI is InChI=1S/C20H17FN4O2S/c21-14-5-3-13(4-6-14)20-23-12-17-18(24-20)10-15-7-8-19(17)25(15)28(26,27)16-2-1-9-22-11-16/h1-6,9,11-12,15,19H,7-8,10H2/t15-,19+/m0/s1. The lowest BCUT2D eigenvalue weighted by molar-refractivity contribution is 0.300. The van der Waals surface area contributed by atoms with Crippen LogP contribution in [-0.4, -0.2) is 33.7 Å². The second kappa shape index (κ2) is 6.42. The second-order valence-corrected chi connectivity index (χ2v) is 8.92. The number of halogens is 1. The van der Waals surface area contributed by atoms with Gasteiger partial charge < -0.3 is 0 Å². The zero-order valence-corrected chi connectivity index (χ0v) is 15.7. The van der Waals surface area contributed by atoms with Gasteiger partial charge in [0, 0.05) is 42.2 Å². The highest BCUT2D eigenvalue weighted by Gasteiger charge is 2.47. The van der Waals surface area contributed by atoms with Gasteiger partial charge in [-0.25, -0.2) is 22.8 Å². The highest BCUT2D eigenvalue weighted by atomic mass is 32.2. The number of hydrogen-bond acceptors (Lipinski definition) is 5. The topological polar surface area (TPSA) is 76.1 Å². The van der Waals surface area contributed by atoms with Crippen molar-refractivity contribution in [1.82, 2.24) is 19.3 Å². The van der Waals surface area contributed by atoms with Crippen molar-refractivity contribution < 1.29 is 12.8 Å². The number of nitrogens with zero attached hydrogens (tertiary/aromatic N) is 4. The molecule has 3 aromatic rings. The molecule has 1 aromatic carbocycles. The zero-order chi connectivity index (χ0) is 19.3. The maximum absolute atomic E-state index is 13.2. The Hall–Kier alpha value is -2.71. The average Bonchev–Trinajstić information content (AvgIpc) is 3.05. The molecule has 0 unspecified atom stereocenters. The quantitative estimate of drug-likeness (QED) is 0.680. The molecule has 8 heteroatoms. The first-order valence-corrected chi connectivity index (χ1v) is 10.5. The largest absolute Gasteiger partial charge is 0.263 e. The van der Waals surface area contributed by atoms with E-state index < -0.39 is 10.0 Å². The monoisotopic (exact) mass is 396 g/mol. The van der Waals surface area contributed by atoms with Crippen LogP contribution in [0, 0.1) is 5.82 Å². The Bertz CT molecular complexity index is 1140. The summed E-state index contributed by atoms with van der Waals surface area (Å²) in [6.07, 6.45) is 6.74. The molecule has 142 valence electrons. The zero-order valence-electron chi connectivity index (χ0n) is 14.9. The third-order valence-electron chi connectivity index (χ3n) is 5.44. The van der Waals surface area contributed by atoms with Gasteiger partial charge in [0.15, 0.2) is 5.82 Å². The summed E-state index contributed by atoms with van der Waals surface area (Å²) in [4.78, 5) is 13.3. The highest BCUT2D eigenvalue weighted by Crippen LogP contribution is 2.46. The smallest absolute Gasteiger partial charge is 0.245 e. The fourth-order valence-corrected chi connectivity index (χ4v) is 5.97. The highest BCUT2D eigenvalue weighted by molar-refractivity contribution is 7.89. The second-order valence-electron chi connectivity index (χ2n) is 7.08. The van der Waals surface area contributed by atoms with E-state index in [1.807, 2.05) is 0 Å². The molecule has 4 heterocycles. The van der Waals surface area contributed by atoms with Crippen molar-refractivity contribution in [3.05, 3.63) is 72.1 Å². The van der Waals surface area contributed by atoms with Crippen molar-refractivity contribution >= 4 is 10.0 Å². The van der Waals surface area contributed by atoms with Crippen LogP contribution in [0.3, 0.4) is 0 Å². The predicted molar refractivity (Wildman–Crippen MR) is 100 cm³/mol. The van der Waals surface area contributed by atoms with Crippen LogP contribution in [0.4, 0.5) is 4.39 Å². The molecule has 0 N–H and O–H groups in total. The molecule has 0 amide bonds. The van der Waals surface area contributed by atoms with Crippen LogP contribution >= 0.6 is 0 Å². The van der Waals surface area contributed by atoms with Gasteiger partial charge in [0.2, 0.25) is 10.0 Å². The number of rotatable bonds is 3. The molecule has 0 radical (unpaired) electrons. The van der Waals surface area contributed by atoms with Gasteiger partial charge in [-0.3, -0.25) is 4.98 Å². The van der Waals surface area contributed by atoms with Gasteiger partial charge in [-0.1, -0.05) is 0 Å². The molecule has 1 saturated heterocycles. The Morgan fingerprint density at radius 3 is 2.64 bits per heavy atom. The van der Waals surface area contributed by atoms with Crippen LogP contribution in [-0.2, 0) is 16.4 Å². The SMILES string of the molecule is O=S(=O)(c1cccnc1)N1[C@H]2CC[C@@H]1c1cnc(-c3ccc(F)cc3)nc1C2. The summed E-state index contributed by atoms with van der Waals surface area (Å²) >= 11 is 0. The van der Waals surface area contributed by atoms with Crippen molar-refractivity contribution in [2.75, 3.05) is 0 Å². The van der Waals surface area contributed by atoms with E-state index in [0.29, 0.717) is 12.2 Å². The van der Waals surface area contributed by atoms with Gasteiger partial charge >= 0.3 is 0 Å². The minimum absolute atomic E-state index is 0.126. The van der Waals surface area contributed by atoms with E-state index >= 15 is 0 Å². The Labute approximate surface area is 162 Å². The van der Waals surface area contributed by atoms with Crippen LogP contribution < -0.4 is 0 Å². The maximum atomic E-state index is 13.2. The summed E-state index contributed by atoms with van der Waals surface area (Å²) in [6.45, 7) is 0. The molecule has 0 aliphatic carbocycles. The van der Waals surface area contributed by atoms with E-state index in [1.54, 1.807) is 41.0 Å². The normalized spacial score (nSPS) is 21.5.